The highest BCUT2D eigenvalue weighted by atomic mass is 16.2. The second kappa shape index (κ2) is 4.44. The molecule has 1 amide bonds. The van der Waals surface area contributed by atoms with Crippen LogP contribution in [0.3, 0.4) is 0 Å². The van der Waals surface area contributed by atoms with E-state index in [-0.39, 0.29) is 11.9 Å². The van der Waals surface area contributed by atoms with Crippen LogP contribution in [0.4, 0.5) is 5.82 Å². The minimum absolute atomic E-state index is 0.0921. The van der Waals surface area contributed by atoms with Gasteiger partial charge < -0.3 is 14.8 Å². The summed E-state index contributed by atoms with van der Waals surface area (Å²) in [7, 11) is 1.91. The fourth-order valence-electron chi connectivity index (χ4n) is 4.08. The van der Waals surface area contributed by atoms with Crippen molar-refractivity contribution in [3.8, 4) is 0 Å². The lowest BCUT2D eigenvalue weighted by Crippen LogP contribution is -2.42. The molecule has 5 rings (SSSR count). The largest absolute Gasteiger partial charge is 0.344 e. The van der Waals surface area contributed by atoms with E-state index in [2.05, 4.69) is 25.9 Å². The minimum Gasteiger partial charge on any atom is -0.344 e. The Balaban J connectivity index is 1.73. The van der Waals surface area contributed by atoms with Gasteiger partial charge in [0.25, 0.3) is 0 Å². The van der Waals surface area contributed by atoms with E-state index in [1.54, 1.807) is 6.33 Å². The summed E-state index contributed by atoms with van der Waals surface area (Å²) in [5, 5.41) is 2.13. The van der Waals surface area contributed by atoms with Gasteiger partial charge in [-0.3, -0.25) is 4.79 Å². The number of likely N-dealkylation sites (N-methyl/N-ethyl adjacent to an activating group) is 1. The lowest BCUT2D eigenvalue weighted by Gasteiger charge is -2.32. The molecule has 3 aromatic rings. The van der Waals surface area contributed by atoms with Crippen LogP contribution in [0.2, 0.25) is 0 Å². The van der Waals surface area contributed by atoms with Gasteiger partial charge in [0.2, 0.25) is 5.91 Å². The molecule has 2 saturated heterocycles. The first-order valence-electron chi connectivity index (χ1n) is 7.99. The van der Waals surface area contributed by atoms with Gasteiger partial charge in [0.1, 0.15) is 23.8 Å². The molecule has 2 aliphatic rings. The van der Waals surface area contributed by atoms with Crippen LogP contribution in [-0.4, -0.2) is 51.4 Å². The maximum atomic E-state index is 12.5. The first-order chi connectivity index (χ1) is 11.2. The molecule has 0 saturated carbocycles. The van der Waals surface area contributed by atoms with E-state index in [0.29, 0.717) is 6.04 Å². The minimum atomic E-state index is -0.0921. The zero-order chi connectivity index (χ0) is 15.6. The molecule has 2 atom stereocenters. The number of hydrogen-bond acceptors (Lipinski definition) is 4. The average Bonchev–Trinajstić information content (AvgIpc) is 3.07. The molecule has 1 N–H and O–H groups in total. The third kappa shape index (κ3) is 1.66. The van der Waals surface area contributed by atoms with Crippen molar-refractivity contribution < 1.29 is 4.79 Å². The van der Waals surface area contributed by atoms with Gasteiger partial charge in [-0.25, -0.2) is 9.97 Å². The predicted molar refractivity (Wildman–Crippen MR) is 88.3 cm³/mol. The second-order valence-corrected chi connectivity index (χ2v) is 6.43. The monoisotopic (exact) mass is 307 g/mol. The van der Waals surface area contributed by atoms with Crippen molar-refractivity contribution >= 4 is 33.7 Å². The summed E-state index contributed by atoms with van der Waals surface area (Å²) in [4.78, 5) is 28.9. The summed E-state index contributed by atoms with van der Waals surface area (Å²) in [6.45, 7) is 0.858. The molecule has 2 bridgehead atoms. The van der Waals surface area contributed by atoms with Crippen molar-refractivity contribution in [2.75, 3.05) is 18.5 Å². The Bertz CT molecular complexity index is 933. The summed E-state index contributed by atoms with van der Waals surface area (Å²) < 4.78 is 0. The van der Waals surface area contributed by atoms with Gasteiger partial charge in [-0.1, -0.05) is 18.2 Å². The Hall–Kier alpha value is -2.63. The summed E-state index contributed by atoms with van der Waals surface area (Å²) in [5.41, 5.74) is 1.88. The van der Waals surface area contributed by atoms with Gasteiger partial charge in [-0.15, -0.1) is 0 Å². The average molecular weight is 307 g/mol. The smallest absolute Gasteiger partial charge is 0.245 e. The van der Waals surface area contributed by atoms with E-state index in [0.717, 1.165) is 47.1 Å². The maximum absolute atomic E-state index is 12.5. The van der Waals surface area contributed by atoms with Gasteiger partial charge in [0.15, 0.2) is 0 Å². The Kier molecular flexibility index (Phi) is 2.48. The molecule has 2 fully saturated rings. The summed E-state index contributed by atoms with van der Waals surface area (Å²) in [6.07, 6.45) is 3.47. The summed E-state index contributed by atoms with van der Waals surface area (Å²) >= 11 is 0. The number of carbonyl (C=O) groups excluding carboxylic acids is 1. The Morgan fingerprint density at radius 2 is 2.13 bits per heavy atom. The number of nitrogens with one attached hydrogen (secondary N) is 1. The topological polar surface area (TPSA) is 65.1 Å². The van der Waals surface area contributed by atoms with Crippen LogP contribution in [0.1, 0.15) is 12.8 Å². The van der Waals surface area contributed by atoms with Gasteiger partial charge in [-0.2, -0.15) is 0 Å². The van der Waals surface area contributed by atoms with E-state index in [1.165, 1.54) is 0 Å². The van der Waals surface area contributed by atoms with E-state index in [4.69, 9.17) is 0 Å². The maximum Gasteiger partial charge on any atom is 0.245 e. The highest BCUT2D eigenvalue weighted by Crippen LogP contribution is 2.37. The molecule has 23 heavy (non-hydrogen) atoms. The van der Waals surface area contributed by atoms with Crippen LogP contribution in [-0.2, 0) is 4.79 Å². The number of benzene rings is 1. The number of H-pyrrole nitrogens is 1. The summed E-state index contributed by atoms with van der Waals surface area (Å²) in [5.74, 6) is 1.08. The van der Waals surface area contributed by atoms with Crippen LogP contribution in [0.15, 0.2) is 30.6 Å². The molecule has 6 nitrogen and oxygen atoms in total. The predicted octanol–water partition coefficient (Wildman–Crippen LogP) is 1.92. The van der Waals surface area contributed by atoms with Crippen molar-refractivity contribution in [3.05, 3.63) is 30.6 Å². The normalized spacial score (nSPS) is 24.1. The number of aromatic amines is 1. The number of aromatic nitrogens is 3. The zero-order valence-corrected chi connectivity index (χ0v) is 12.9. The fraction of sp³-hybridized carbons (Fsp3) is 0.353. The summed E-state index contributed by atoms with van der Waals surface area (Å²) in [6, 6.07) is 8.44. The molecule has 0 spiro atoms. The highest BCUT2D eigenvalue weighted by Gasteiger charge is 2.45. The van der Waals surface area contributed by atoms with Crippen LogP contribution < -0.4 is 4.90 Å². The Morgan fingerprint density at radius 1 is 1.26 bits per heavy atom. The fourth-order valence-corrected chi connectivity index (χ4v) is 4.08. The molecule has 0 radical (unpaired) electrons. The van der Waals surface area contributed by atoms with E-state index in [1.807, 2.05) is 30.1 Å². The zero-order valence-electron chi connectivity index (χ0n) is 12.9. The quantitative estimate of drug-likeness (QED) is 0.746. The lowest BCUT2D eigenvalue weighted by atomic mass is 10.0. The van der Waals surface area contributed by atoms with Gasteiger partial charge in [0, 0.05) is 30.5 Å². The van der Waals surface area contributed by atoms with Crippen LogP contribution in [0, 0.1) is 0 Å². The first kappa shape index (κ1) is 12.9. The highest BCUT2D eigenvalue weighted by molar-refractivity contribution is 6.11. The van der Waals surface area contributed by atoms with Gasteiger partial charge in [-0.05, 0) is 18.9 Å². The number of hydrogen-bond donors (Lipinski definition) is 1. The molecule has 2 aliphatic heterocycles. The van der Waals surface area contributed by atoms with Crippen molar-refractivity contribution in [1.82, 2.24) is 19.9 Å². The molecule has 0 aliphatic carbocycles. The number of amides is 1. The first-order valence-corrected chi connectivity index (χ1v) is 7.99. The third-order valence-electron chi connectivity index (χ3n) is 5.30. The van der Waals surface area contributed by atoms with Gasteiger partial charge >= 0.3 is 0 Å². The number of fused-ring (bicyclic) bond motifs is 5. The van der Waals surface area contributed by atoms with Crippen LogP contribution in [0.5, 0.6) is 0 Å². The molecule has 4 heterocycles. The van der Waals surface area contributed by atoms with Crippen molar-refractivity contribution in [2.24, 2.45) is 0 Å². The molecule has 2 unspecified atom stereocenters. The molecular formula is C17H17N5O. The number of nitrogens with zero attached hydrogens (tertiary/aromatic N) is 4. The SMILES string of the molecule is CN1C(=O)C2CC1CCN2c1ncnc2[nH]c3ccccc3c12. The van der Waals surface area contributed by atoms with Crippen molar-refractivity contribution in [2.45, 2.75) is 24.9 Å². The van der Waals surface area contributed by atoms with Crippen molar-refractivity contribution in [1.29, 1.82) is 0 Å². The van der Waals surface area contributed by atoms with E-state index < -0.39 is 0 Å². The van der Waals surface area contributed by atoms with E-state index >= 15 is 0 Å². The lowest BCUT2D eigenvalue weighted by molar-refractivity contribution is -0.128. The number of para-hydroxylation sites is 1. The number of carbonyl (C=O) groups is 1. The Morgan fingerprint density at radius 3 is 3.04 bits per heavy atom. The Labute approximate surface area is 133 Å². The molecule has 2 aromatic heterocycles. The molecular weight excluding hydrogens is 290 g/mol. The van der Waals surface area contributed by atoms with Crippen LogP contribution >= 0.6 is 0 Å². The number of piperidine rings is 1. The van der Waals surface area contributed by atoms with Crippen molar-refractivity contribution in [3.63, 3.8) is 0 Å². The second-order valence-electron chi connectivity index (χ2n) is 6.43. The van der Waals surface area contributed by atoms with Crippen LogP contribution in [0.25, 0.3) is 21.9 Å². The number of likely N-dealkylation sites (tertiary alicyclic amines) is 1. The standard InChI is InChI=1S/C17H17N5O/c1-21-10-6-7-22(13(8-10)17(21)23)16-14-11-4-2-3-5-12(11)20-15(14)18-9-19-16/h2-5,9-10,13H,6-8H2,1H3,(H,18,19,20). The molecule has 116 valence electrons. The number of rotatable bonds is 1. The van der Waals surface area contributed by atoms with E-state index in [9.17, 15) is 4.79 Å². The third-order valence-corrected chi connectivity index (χ3v) is 5.30. The van der Waals surface area contributed by atoms with Gasteiger partial charge in [0.05, 0.1) is 5.39 Å². The number of anilines is 1. The molecule has 1 aromatic carbocycles. The molecule has 6 heteroatoms.